The van der Waals surface area contributed by atoms with Crippen LogP contribution in [-0.4, -0.2) is 14.8 Å². The molecule has 4 nitrogen and oxygen atoms in total. The largest absolute Gasteiger partial charge is 0.243 e. The molecule has 0 fully saturated rings. The molecule has 0 aliphatic rings. The fourth-order valence-electron chi connectivity index (χ4n) is 0.419. The molecule has 1 aromatic rings. The lowest BCUT2D eigenvalue weighted by molar-refractivity contribution is 0.686. The molecule has 5 heteroatoms. The summed E-state index contributed by atoms with van der Waals surface area (Å²) in [5.74, 6) is 0. The van der Waals surface area contributed by atoms with Gasteiger partial charge in [0.05, 0.1) is 0 Å². The molecule has 0 aliphatic carbocycles. The Morgan fingerprint density at radius 3 is 3.11 bits per heavy atom. The maximum absolute atomic E-state index is 8.19. The molecule has 0 N–H and O–H groups in total. The van der Waals surface area contributed by atoms with E-state index in [0.29, 0.717) is 5.16 Å². The van der Waals surface area contributed by atoms with E-state index in [1.54, 1.807) is 11.7 Å². The minimum atomic E-state index is 0.623. The maximum atomic E-state index is 8.19. The number of thioether (sulfide) groups is 1. The lowest BCUT2D eigenvalue weighted by Crippen LogP contribution is -1.90. The standard InChI is InChI=1S/C4H4N4S/c1-8-4(9-2-5)6-3-7-8/h3H,1H3. The van der Waals surface area contributed by atoms with Crippen LogP contribution in [0.3, 0.4) is 0 Å². The van der Waals surface area contributed by atoms with E-state index >= 15 is 0 Å². The topological polar surface area (TPSA) is 54.5 Å². The van der Waals surface area contributed by atoms with Crippen molar-refractivity contribution in [3.63, 3.8) is 0 Å². The molecule has 9 heavy (non-hydrogen) atoms. The first-order valence-electron chi connectivity index (χ1n) is 2.24. The highest BCUT2D eigenvalue weighted by Crippen LogP contribution is 2.09. The Balaban J connectivity index is 2.84. The number of nitrogens with zero attached hydrogens (tertiary/aromatic N) is 4. The smallest absolute Gasteiger partial charge is 0.200 e. The highest BCUT2D eigenvalue weighted by atomic mass is 32.2. The van der Waals surface area contributed by atoms with Gasteiger partial charge in [0.25, 0.3) is 0 Å². The van der Waals surface area contributed by atoms with Crippen LogP contribution < -0.4 is 0 Å². The number of rotatable bonds is 1. The van der Waals surface area contributed by atoms with Gasteiger partial charge in [-0.2, -0.15) is 10.4 Å². The normalized spacial score (nSPS) is 8.89. The zero-order valence-electron chi connectivity index (χ0n) is 4.77. The zero-order valence-corrected chi connectivity index (χ0v) is 5.59. The van der Waals surface area contributed by atoms with E-state index in [4.69, 9.17) is 5.26 Å². The van der Waals surface area contributed by atoms with Crippen LogP contribution in [0.25, 0.3) is 0 Å². The van der Waals surface area contributed by atoms with Crippen LogP contribution in [0.2, 0.25) is 0 Å². The average molecular weight is 140 g/mol. The summed E-state index contributed by atoms with van der Waals surface area (Å²) in [5.41, 5.74) is 0. The van der Waals surface area contributed by atoms with Crippen LogP contribution in [0.1, 0.15) is 0 Å². The van der Waals surface area contributed by atoms with Gasteiger partial charge in [-0.3, -0.25) is 0 Å². The molecule has 0 saturated heterocycles. The summed E-state index contributed by atoms with van der Waals surface area (Å²) >= 11 is 1.00. The number of hydrogen-bond acceptors (Lipinski definition) is 4. The molecule has 0 atom stereocenters. The van der Waals surface area contributed by atoms with E-state index in [2.05, 4.69) is 10.1 Å². The molecule has 0 radical (unpaired) electrons. The second-order valence-corrected chi connectivity index (χ2v) is 2.11. The van der Waals surface area contributed by atoms with Gasteiger partial charge in [-0.1, -0.05) is 0 Å². The Bertz CT molecular complexity index is 235. The van der Waals surface area contributed by atoms with Crippen molar-refractivity contribution < 1.29 is 0 Å². The second kappa shape index (κ2) is 2.51. The second-order valence-electron chi connectivity index (χ2n) is 1.36. The van der Waals surface area contributed by atoms with Crippen molar-refractivity contribution in [2.24, 2.45) is 7.05 Å². The van der Waals surface area contributed by atoms with Crippen molar-refractivity contribution in [1.82, 2.24) is 14.8 Å². The van der Waals surface area contributed by atoms with Gasteiger partial charge in [0, 0.05) is 18.8 Å². The Kier molecular flexibility index (Phi) is 1.70. The van der Waals surface area contributed by atoms with Gasteiger partial charge >= 0.3 is 0 Å². The van der Waals surface area contributed by atoms with Crippen LogP contribution in [0.4, 0.5) is 0 Å². The molecule has 46 valence electrons. The Labute approximate surface area is 56.5 Å². The highest BCUT2D eigenvalue weighted by Gasteiger charge is 1.97. The molecule has 0 aliphatic heterocycles. The van der Waals surface area contributed by atoms with Gasteiger partial charge in [-0.05, 0) is 0 Å². The van der Waals surface area contributed by atoms with Crippen LogP contribution >= 0.6 is 11.8 Å². The third-order valence-corrected chi connectivity index (χ3v) is 1.45. The number of hydrogen-bond donors (Lipinski definition) is 0. The first kappa shape index (κ1) is 6.11. The van der Waals surface area contributed by atoms with Gasteiger partial charge in [0.15, 0.2) is 0 Å². The van der Waals surface area contributed by atoms with Crippen molar-refractivity contribution in [2.75, 3.05) is 0 Å². The number of aryl methyl sites for hydroxylation is 1. The molecular formula is C4H4N4S. The van der Waals surface area contributed by atoms with Gasteiger partial charge < -0.3 is 0 Å². The summed E-state index contributed by atoms with van der Waals surface area (Å²) in [6.07, 6.45) is 1.42. The van der Waals surface area contributed by atoms with E-state index in [9.17, 15) is 0 Å². The molecule has 0 amide bonds. The predicted molar refractivity (Wildman–Crippen MR) is 32.5 cm³/mol. The Morgan fingerprint density at radius 1 is 1.89 bits per heavy atom. The van der Waals surface area contributed by atoms with Crippen molar-refractivity contribution in [3.05, 3.63) is 6.33 Å². The van der Waals surface area contributed by atoms with E-state index < -0.39 is 0 Å². The zero-order chi connectivity index (χ0) is 6.69. The van der Waals surface area contributed by atoms with E-state index in [-0.39, 0.29) is 0 Å². The fourth-order valence-corrected chi connectivity index (χ4v) is 0.780. The van der Waals surface area contributed by atoms with Crippen LogP contribution in [0.15, 0.2) is 11.5 Å². The summed E-state index contributed by atoms with van der Waals surface area (Å²) in [5, 5.41) is 14.5. The van der Waals surface area contributed by atoms with Gasteiger partial charge in [-0.25, -0.2) is 9.67 Å². The van der Waals surface area contributed by atoms with Gasteiger partial charge in [0.1, 0.15) is 11.7 Å². The van der Waals surface area contributed by atoms with E-state index in [0.717, 1.165) is 11.8 Å². The lowest BCUT2D eigenvalue weighted by atomic mass is 11.2. The minimum absolute atomic E-state index is 0.623. The summed E-state index contributed by atoms with van der Waals surface area (Å²) in [4.78, 5) is 3.80. The Morgan fingerprint density at radius 2 is 2.67 bits per heavy atom. The minimum Gasteiger partial charge on any atom is -0.243 e. The van der Waals surface area contributed by atoms with Crippen molar-refractivity contribution >= 4 is 11.8 Å². The summed E-state index contributed by atoms with van der Waals surface area (Å²) in [6, 6.07) is 0. The molecule has 1 rings (SSSR count). The highest BCUT2D eigenvalue weighted by molar-refractivity contribution is 8.03. The molecule has 0 saturated carbocycles. The van der Waals surface area contributed by atoms with Crippen LogP contribution in [0, 0.1) is 10.7 Å². The van der Waals surface area contributed by atoms with Crippen LogP contribution in [-0.2, 0) is 7.05 Å². The maximum Gasteiger partial charge on any atom is 0.200 e. The van der Waals surface area contributed by atoms with Gasteiger partial charge in [-0.15, -0.1) is 0 Å². The van der Waals surface area contributed by atoms with E-state index in [1.165, 1.54) is 6.33 Å². The number of nitriles is 1. The average Bonchev–Trinajstić information content (AvgIpc) is 2.18. The molecule has 0 aromatic carbocycles. The first-order valence-corrected chi connectivity index (χ1v) is 3.06. The molecule has 0 unspecified atom stereocenters. The summed E-state index contributed by atoms with van der Waals surface area (Å²) in [6.45, 7) is 0. The summed E-state index contributed by atoms with van der Waals surface area (Å²) in [7, 11) is 1.74. The van der Waals surface area contributed by atoms with Crippen molar-refractivity contribution in [3.8, 4) is 5.40 Å². The Hall–Kier alpha value is -1.02. The third kappa shape index (κ3) is 1.21. The quantitative estimate of drug-likeness (QED) is 0.418. The monoisotopic (exact) mass is 140 g/mol. The SMILES string of the molecule is Cn1ncnc1SC#N. The first-order chi connectivity index (χ1) is 4.34. The molecular weight excluding hydrogens is 136 g/mol. The molecule has 1 heterocycles. The van der Waals surface area contributed by atoms with Crippen molar-refractivity contribution in [2.45, 2.75) is 5.16 Å². The number of thiocyanates is 1. The lowest BCUT2D eigenvalue weighted by Gasteiger charge is -1.87. The van der Waals surface area contributed by atoms with Crippen LogP contribution in [0.5, 0.6) is 0 Å². The predicted octanol–water partition coefficient (Wildman–Crippen LogP) is 0.388. The van der Waals surface area contributed by atoms with Crippen molar-refractivity contribution in [1.29, 1.82) is 5.26 Å². The third-order valence-electron chi connectivity index (χ3n) is 0.807. The number of aromatic nitrogens is 3. The molecule has 0 bridgehead atoms. The van der Waals surface area contributed by atoms with E-state index in [1.807, 2.05) is 5.40 Å². The molecule has 1 aromatic heterocycles. The molecule has 0 spiro atoms. The fraction of sp³-hybridized carbons (Fsp3) is 0.250. The van der Waals surface area contributed by atoms with Gasteiger partial charge in [0.2, 0.25) is 5.16 Å². The summed E-state index contributed by atoms with van der Waals surface area (Å²) < 4.78 is 1.55.